The summed E-state index contributed by atoms with van der Waals surface area (Å²) in [7, 11) is 1.60. The molecule has 0 aromatic heterocycles. The minimum atomic E-state index is 0.266. The Hall–Kier alpha value is -1.19. The molecule has 0 amide bonds. The normalized spacial score (nSPS) is 9.80. The molecule has 0 radical (unpaired) electrons. The second-order valence-corrected chi connectivity index (χ2v) is 3.52. The average molecular weight is 228 g/mol. The molecule has 0 heterocycles. The van der Waals surface area contributed by atoms with Gasteiger partial charge in [-0.2, -0.15) is 0 Å². The van der Waals surface area contributed by atoms with Crippen molar-refractivity contribution in [1.29, 1.82) is 0 Å². The highest BCUT2D eigenvalue weighted by atomic mass is 35.5. The van der Waals surface area contributed by atoms with Crippen LogP contribution in [-0.2, 0) is 6.54 Å². The van der Waals surface area contributed by atoms with Gasteiger partial charge < -0.3 is 15.2 Å². The highest BCUT2D eigenvalue weighted by molar-refractivity contribution is 6.29. The van der Waals surface area contributed by atoms with Gasteiger partial charge in [-0.05, 0) is 6.07 Å². The van der Waals surface area contributed by atoms with E-state index in [1.54, 1.807) is 13.2 Å². The van der Waals surface area contributed by atoms with E-state index < -0.39 is 0 Å². The van der Waals surface area contributed by atoms with Gasteiger partial charge in [0.1, 0.15) is 18.1 Å². The molecule has 1 aromatic rings. The van der Waals surface area contributed by atoms with Gasteiger partial charge in [0.15, 0.2) is 0 Å². The zero-order chi connectivity index (χ0) is 11.3. The lowest BCUT2D eigenvalue weighted by Crippen LogP contribution is -2.04. The predicted molar refractivity (Wildman–Crippen MR) is 61.4 cm³/mol. The lowest BCUT2D eigenvalue weighted by atomic mass is 10.2. The van der Waals surface area contributed by atoms with Gasteiger partial charge in [0, 0.05) is 23.2 Å². The lowest BCUT2D eigenvalue weighted by molar-refractivity contribution is 0.350. The molecule has 0 saturated heterocycles. The first-order valence-electron chi connectivity index (χ1n) is 4.50. The third-order valence-corrected chi connectivity index (χ3v) is 1.99. The van der Waals surface area contributed by atoms with Gasteiger partial charge in [-0.15, -0.1) is 0 Å². The Kier molecular flexibility index (Phi) is 4.46. The van der Waals surface area contributed by atoms with Crippen molar-refractivity contribution in [2.45, 2.75) is 6.54 Å². The van der Waals surface area contributed by atoms with E-state index in [-0.39, 0.29) is 6.61 Å². The Morgan fingerprint density at radius 3 is 2.80 bits per heavy atom. The molecule has 0 aliphatic heterocycles. The van der Waals surface area contributed by atoms with Crippen LogP contribution in [0.4, 0.5) is 0 Å². The van der Waals surface area contributed by atoms with Crippen LogP contribution < -0.4 is 15.2 Å². The molecule has 3 nitrogen and oxygen atoms in total. The number of benzene rings is 1. The fourth-order valence-electron chi connectivity index (χ4n) is 1.12. The molecule has 2 N–H and O–H groups in total. The van der Waals surface area contributed by atoms with Crippen molar-refractivity contribution in [1.82, 2.24) is 0 Å². The SMILES string of the molecule is C=C(Cl)COc1cc(OC)ccc1CN. The van der Waals surface area contributed by atoms with Gasteiger partial charge in [-0.1, -0.05) is 24.2 Å². The van der Waals surface area contributed by atoms with E-state index in [2.05, 4.69) is 6.58 Å². The van der Waals surface area contributed by atoms with Crippen molar-refractivity contribution >= 4 is 11.6 Å². The molecule has 0 atom stereocenters. The van der Waals surface area contributed by atoms with Crippen LogP contribution in [0.2, 0.25) is 0 Å². The number of halogens is 1. The number of ether oxygens (including phenoxy) is 2. The number of hydrogen-bond acceptors (Lipinski definition) is 3. The van der Waals surface area contributed by atoms with Gasteiger partial charge >= 0.3 is 0 Å². The zero-order valence-electron chi connectivity index (χ0n) is 8.63. The van der Waals surface area contributed by atoms with E-state index in [9.17, 15) is 0 Å². The molecule has 15 heavy (non-hydrogen) atoms. The summed E-state index contributed by atoms with van der Waals surface area (Å²) < 4.78 is 10.5. The van der Waals surface area contributed by atoms with Crippen molar-refractivity contribution in [3.63, 3.8) is 0 Å². The standard InChI is InChI=1S/C11H14ClNO2/c1-8(12)7-15-11-5-10(14-2)4-3-9(11)6-13/h3-5H,1,6-7,13H2,2H3. The van der Waals surface area contributed by atoms with Crippen molar-refractivity contribution in [3.8, 4) is 11.5 Å². The van der Waals surface area contributed by atoms with E-state index in [1.165, 1.54) is 0 Å². The topological polar surface area (TPSA) is 44.5 Å². The van der Waals surface area contributed by atoms with E-state index >= 15 is 0 Å². The minimum Gasteiger partial charge on any atom is -0.497 e. The number of hydrogen-bond donors (Lipinski definition) is 1. The summed E-state index contributed by atoms with van der Waals surface area (Å²) in [5, 5.41) is 0.445. The van der Waals surface area contributed by atoms with Crippen LogP contribution in [0.25, 0.3) is 0 Å². The van der Waals surface area contributed by atoms with Gasteiger partial charge in [-0.3, -0.25) is 0 Å². The molecule has 82 valence electrons. The minimum absolute atomic E-state index is 0.266. The average Bonchev–Trinajstić information content (AvgIpc) is 2.25. The fraction of sp³-hybridized carbons (Fsp3) is 0.273. The molecule has 0 unspecified atom stereocenters. The quantitative estimate of drug-likeness (QED) is 0.840. The molecule has 0 aliphatic carbocycles. The molecule has 0 fully saturated rings. The van der Waals surface area contributed by atoms with Crippen molar-refractivity contribution in [3.05, 3.63) is 35.4 Å². The largest absolute Gasteiger partial charge is 0.497 e. The van der Waals surface area contributed by atoms with Crippen LogP contribution in [0, 0.1) is 0 Å². The van der Waals surface area contributed by atoms with Gasteiger partial charge in [0.25, 0.3) is 0 Å². The number of methoxy groups -OCH3 is 1. The zero-order valence-corrected chi connectivity index (χ0v) is 9.38. The Morgan fingerprint density at radius 2 is 2.27 bits per heavy atom. The number of rotatable bonds is 5. The van der Waals surface area contributed by atoms with Crippen LogP contribution in [0.5, 0.6) is 11.5 Å². The van der Waals surface area contributed by atoms with Crippen LogP contribution in [0.1, 0.15) is 5.56 Å². The molecule has 0 spiro atoms. The molecule has 0 aliphatic rings. The molecule has 0 bridgehead atoms. The molecule has 0 saturated carbocycles. The van der Waals surface area contributed by atoms with E-state index in [1.807, 2.05) is 12.1 Å². The maximum atomic E-state index is 5.61. The third kappa shape index (κ3) is 3.46. The monoisotopic (exact) mass is 227 g/mol. The van der Waals surface area contributed by atoms with E-state index in [0.29, 0.717) is 17.3 Å². The van der Waals surface area contributed by atoms with Crippen LogP contribution in [-0.4, -0.2) is 13.7 Å². The maximum absolute atomic E-state index is 5.61. The first-order valence-corrected chi connectivity index (χ1v) is 4.88. The molecule has 1 rings (SSSR count). The molecule has 4 heteroatoms. The first kappa shape index (κ1) is 11.9. The highest BCUT2D eigenvalue weighted by Crippen LogP contribution is 2.24. The van der Waals surface area contributed by atoms with Crippen LogP contribution in [0.15, 0.2) is 29.8 Å². The van der Waals surface area contributed by atoms with Crippen molar-refractivity contribution < 1.29 is 9.47 Å². The summed E-state index contributed by atoms with van der Waals surface area (Å²) in [6, 6.07) is 5.48. The first-order chi connectivity index (χ1) is 7.17. The van der Waals surface area contributed by atoms with Gasteiger partial charge in [-0.25, -0.2) is 0 Å². The fourth-order valence-corrected chi connectivity index (χ4v) is 1.18. The summed E-state index contributed by atoms with van der Waals surface area (Å²) in [6.45, 7) is 4.22. The lowest BCUT2D eigenvalue weighted by Gasteiger charge is -2.11. The van der Waals surface area contributed by atoms with E-state index in [0.717, 1.165) is 11.3 Å². The Labute approximate surface area is 94.4 Å². The second kappa shape index (κ2) is 5.63. The van der Waals surface area contributed by atoms with Crippen molar-refractivity contribution in [2.75, 3.05) is 13.7 Å². The Morgan fingerprint density at radius 1 is 1.53 bits per heavy atom. The maximum Gasteiger partial charge on any atom is 0.128 e. The smallest absolute Gasteiger partial charge is 0.128 e. The summed E-state index contributed by atoms with van der Waals surface area (Å²) >= 11 is 5.61. The van der Waals surface area contributed by atoms with Crippen molar-refractivity contribution in [2.24, 2.45) is 5.73 Å². The molecular weight excluding hydrogens is 214 g/mol. The van der Waals surface area contributed by atoms with Crippen LogP contribution in [0.3, 0.4) is 0 Å². The van der Waals surface area contributed by atoms with E-state index in [4.69, 9.17) is 26.8 Å². The summed E-state index contributed by atoms with van der Waals surface area (Å²) in [5.74, 6) is 1.40. The summed E-state index contributed by atoms with van der Waals surface area (Å²) in [5.41, 5.74) is 6.48. The van der Waals surface area contributed by atoms with Crippen LogP contribution >= 0.6 is 11.6 Å². The predicted octanol–water partition coefficient (Wildman–Crippen LogP) is 2.29. The number of nitrogens with two attached hydrogens (primary N) is 1. The van der Waals surface area contributed by atoms with Gasteiger partial charge in [0.2, 0.25) is 0 Å². The Balaban J connectivity index is 2.85. The Bertz CT molecular complexity index is 352. The summed E-state index contributed by atoms with van der Waals surface area (Å²) in [4.78, 5) is 0. The van der Waals surface area contributed by atoms with Gasteiger partial charge in [0.05, 0.1) is 7.11 Å². The molecule has 1 aromatic carbocycles. The molecular formula is C11H14ClNO2. The summed E-state index contributed by atoms with van der Waals surface area (Å²) in [6.07, 6.45) is 0. The third-order valence-electron chi connectivity index (χ3n) is 1.88. The second-order valence-electron chi connectivity index (χ2n) is 2.98. The highest BCUT2D eigenvalue weighted by Gasteiger charge is 2.04.